The fourth-order valence-corrected chi connectivity index (χ4v) is 3.51. The molecular weight excluding hydrogens is 432 g/mol. The van der Waals surface area contributed by atoms with E-state index in [-0.39, 0.29) is 37.2 Å². The largest absolute Gasteiger partial charge is 0.466 e. The Labute approximate surface area is 189 Å². The molecule has 32 heavy (non-hydrogen) atoms. The van der Waals surface area contributed by atoms with E-state index in [1.807, 2.05) is 12.1 Å². The van der Waals surface area contributed by atoms with Crippen molar-refractivity contribution in [2.24, 2.45) is 0 Å². The molecule has 8 heteroatoms. The van der Waals surface area contributed by atoms with Crippen molar-refractivity contribution in [1.29, 1.82) is 0 Å². The van der Waals surface area contributed by atoms with Crippen LogP contribution in [0, 0.1) is 0 Å². The lowest BCUT2D eigenvalue weighted by molar-refractivity contribution is -0.144. The molecule has 166 valence electrons. The maximum Gasteiger partial charge on any atom is 0.306 e. The van der Waals surface area contributed by atoms with Gasteiger partial charge < -0.3 is 15.0 Å². The second-order valence-corrected chi connectivity index (χ2v) is 7.65. The third kappa shape index (κ3) is 6.04. The monoisotopic (exact) mass is 454 g/mol. The third-order valence-corrected chi connectivity index (χ3v) is 5.19. The number of rotatable bonds is 9. The lowest BCUT2D eigenvalue weighted by atomic mass is 9.96. The van der Waals surface area contributed by atoms with Gasteiger partial charge in [0.05, 0.1) is 19.1 Å². The van der Waals surface area contributed by atoms with E-state index in [0.717, 1.165) is 5.39 Å². The minimum atomic E-state index is -0.933. The summed E-state index contributed by atoms with van der Waals surface area (Å²) in [7, 11) is 0. The standard InChI is InChI=1S/C24H23ClN2O5/c1-2-32-23(30)12-11-21(28)20(27-24(31)15-7-9-17(25)10-8-15)13-16-14-22(29)26-19-6-4-3-5-18(16)19/h3-10,14,20H,2,11-13H2,1H3,(H,26,29)(H,27,31). The minimum Gasteiger partial charge on any atom is -0.466 e. The molecule has 3 rings (SSSR count). The SMILES string of the molecule is CCOC(=O)CCC(=O)C(Cc1cc(=O)[nH]c2ccccc12)NC(=O)c1ccc(Cl)cc1. The van der Waals surface area contributed by atoms with E-state index < -0.39 is 17.9 Å². The number of aromatic nitrogens is 1. The van der Waals surface area contributed by atoms with Crippen LogP contribution < -0.4 is 10.9 Å². The van der Waals surface area contributed by atoms with E-state index in [4.69, 9.17) is 16.3 Å². The Bertz CT molecular complexity index is 1190. The van der Waals surface area contributed by atoms with Crippen LogP contribution in [-0.4, -0.2) is 35.3 Å². The van der Waals surface area contributed by atoms with Crippen LogP contribution in [0.1, 0.15) is 35.7 Å². The number of carbonyl (C=O) groups excluding carboxylic acids is 3. The first-order valence-electron chi connectivity index (χ1n) is 10.2. The predicted octanol–water partition coefficient (Wildman–Crippen LogP) is 3.44. The van der Waals surface area contributed by atoms with Crippen molar-refractivity contribution in [3.05, 3.63) is 81.1 Å². The van der Waals surface area contributed by atoms with Crippen LogP contribution in [0.2, 0.25) is 5.02 Å². The van der Waals surface area contributed by atoms with E-state index in [1.54, 1.807) is 43.3 Å². The van der Waals surface area contributed by atoms with Gasteiger partial charge in [-0.1, -0.05) is 29.8 Å². The number of para-hydroxylation sites is 1. The molecule has 1 heterocycles. The predicted molar refractivity (Wildman–Crippen MR) is 122 cm³/mol. The van der Waals surface area contributed by atoms with Gasteiger partial charge in [-0.3, -0.25) is 19.2 Å². The summed E-state index contributed by atoms with van der Waals surface area (Å²) in [5, 5.41) is 4.00. The average molecular weight is 455 g/mol. The molecule has 0 aliphatic rings. The van der Waals surface area contributed by atoms with Crippen LogP contribution in [-0.2, 0) is 20.7 Å². The molecule has 1 aromatic heterocycles. The summed E-state index contributed by atoms with van der Waals surface area (Å²) in [6, 6.07) is 14.0. The van der Waals surface area contributed by atoms with Gasteiger partial charge in [0.1, 0.15) is 0 Å². The van der Waals surface area contributed by atoms with Gasteiger partial charge in [-0.05, 0) is 42.8 Å². The Morgan fingerprint density at radius 2 is 1.78 bits per heavy atom. The molecule has 0 bridgehead atoms. The summed E-state index contributed by atoms with van der Waals surface area (Å²) in [6.45, 7) is 1.91. The molecule has 0 saturated heterocycles. The summed E-state index contributed by atoms with van der Waals surface area (Å²) in [5.74, 6) is -1.26. The molecule has 1 amide bonds. The molecule has 0 aliphatic heterocycles. The number of hydrogen-bond acceptors (Lipinski definition) is 5. The zero-order chi connectivity index (χ0) is 23.1. The molecule has 0 spiro atoms. The van der Waals surface area contributed by atoms with Gasteiger partial charge in [0.25, 0.3) is 5.91 Å². The molecule has 0 fully saturated rings. The van der Waals surface area contributed by atoms with E-state index in [1.165, 1.54) is 6.07 Å². The topological polar surface area (TPSA) is 105 Å². The highest BCUT2D eigenvalue weighted by atomic mass is 35.5. The Balaban J connectivity index is 1.87. The Kier molecular flexibility index (Phi) is 7.78. The summed E-state index contributed by atoms with van der Waals surface area (Å²) < 4.78 is 4.89. The van der Waals surface area contributed by atoms with Crippen LogP contribution in [0.15, 0.2) is 59.4 Å². The van der Waals surface area contributed by atoms with Gasteiger partial charge in [-0.2, -0.15) is 0 Å². The van der Waals surface area contributed by atoms with Crippen LogP contribution in [0.3, 0.4) is 0 Å². The molecule has 3 aromatic rings. The zero-order valence-electron chi connectivity index (χ0n) is 17.5. The number of ether oxygens (including phenoxy) is 1. The van der Waals surface area contributed by atoms with Crippen molar-refractivity contribution in [2.45, 2.75) is 32.2 Å². The fraction of sp³-hybridized carbons (Fsp3) is 0.250. The zero-order valence-corrected chi connectivity index (χ0v) is 18.3. The lowest BCUT2D eigenvalue weighted by Crippen LogP contribution is -2.42. The van der Waals surface area contributed by atoms with E-state index in [9.17, 15) is 19.2 Å². The number of esters is 1. The first-order valence-corrected chi connectivity index (χ1v) is 10.6. The maximum absolute atomic E-state index is 13.0. The smallest absolute Gasteiger partial charge is 0.306 e. The number of pyridine rings is 1. The average Bonchev–Trinajstić information content (AvgIpc) is 2.77. The highest BCUT2D eigenvalue weighted by Crippen LogP contribution is 2.18. The third-order valence-electron chi connectivity index (χ3n) is 4.94. The molecule has 0 saturated carbocycles. The van der Waals surface area contributed by atoms with Crippen molar-refractivity contribution in [3.63, 3.8) is 0 Å². The second kappa shape index (κ2) is 10.7. The number of aromatic amines is 1. The van der Waals surface area contributed by atoms with Crippen molar-refractivity contribution in [1.82, 2.24) is 10.3 Å². The number of nitrogens with one attached hydrogen (secondary N) is 2. The number of carbonyl (C=O) groups is 3. The van der Waals surface area contributed by atoms with Crippen LogP contribution in [0.4, 0.5) is 0 Å². The van der Waals surface area contributed by atoms with Crippen molar-refractivity contribution >= 4 is 40.2 Å². The first kappa shape index (κ1) is 23.2. The highest BCUT2D eigenvalue weighted by Gasteiger charge is 2.24. The first-order chi connectivity index (χ1) is 15.4. The number of Topliss-reactive ketones (excluding diaryl/α,β-unsaturated/α-hetero) is 1. The molecule has 1 unspecified atom stereocenters. The highest BCUT2D eigenvalue weighted by molar-refractivity contribution is 6.30. The number of benzene rings is 2. The van der Waals surface area contributed by atoms with Crippen molar-refractivity contribution in [2.75, 3.05) is 6.61 Å². The number of ketones is 1. The normalized spacial score (nSPS) is 11.7. The van der Waals surface area contributed by atoms with Gasteiger partial charge in [0, 0.05) is 40.4 Å². The van der Waals surface area contributed by atoms with Crippen LogP contribution in [0.5, 0.6) is 0 Å². The summed E-state index contributed by atoms with van der Waals surface area (Å²) in [4.78, 5) is 52.3. The number of hydrogen-bond donors (Lipinski definition) is 2. The van der Waals surface area contributed by atoms with Crippen LogP contribution in [0.25, 0.3) is 10.9 Å². The fourth-order valence-electron chi connectivity index (χ4n) is 3.39. The molecule has 1 atom stereocenters. The van der Waals surface area contributed by atoms with Gasteiger partial charge in [0.15, 0.2) is 5.78 Å². The van der Waals surface area contributed by atoms with E-state index in [2.05, 4.69) is 10.3 Å². The van der Waals surface area contributed by atoms with E-state index in [0.29, 0.717) is 21.7 Å². The van der Waals surface area contributed by atoms with Gasteiger partial charge in [0.2, 0.25) is 5.56 Å². The number of halogens is 1. The second-order valence-electron chi connectivity index (χ2n) is 7.21. The minimum absolute atomic E-state index is 0.0872. The summed E-state index contributed by atoms with van der Waals surface area (Å²) in [6.07, 6.45) is -0.0763. The van der Waals surface area contributed by atoms with Gasteiger partial charge >= 0.3 is 5.97 Å². The van der Waals surface area contributed by atoms with Crippen molar-refractivity contribution in [3.8, 4) is 0 Å². The van der Waals surface area contributed by atoms with Gasteiger partial charge in [-0.25, -0.2) is 0 Å². The van der Waals surface area contributed by atoms with E-state index >= 15 is 0 Å². The van der Waals surface area contributed by atoms with Crippen molar-refractivity contribution < 1.29 is 19.1 Å². The number of H-pyrrole nitrogens is 1. The molecule has 0 radical (unpaired) electrons. The number of fused-ring (bicyclic) bond motifs is 1. The lowest BCUT2D eigenvalue weighted by Gasteiger charge is -2.19. The summed E-state index contributed by atoms with van der Waals surface area (Å²) >= 11 is 5.88. The Morgan fingerprint density at radius 3 is 2.50 bits per heavy atom. The molecule has 0 aliphatic carbocycles. The van der Waals surface area contributed by atoms with Gasteiger partial charge in [-0.15, -0.1) is 0 Å². The Morgan fingerprint density at radius 1 is 1.06 bits per heavy atom. The van der Waals surface area contributed by atoms with Crippen LogP contribution >= 0.6 is 11.6 Å². The molecule has 2 N–H and O–H groups in total. The quantitative estimate of drug-likeness (QED) is 0.482. The summed E-state index contributed by atoms with van der Waals surface area (Å²) in [5.41, 5.74) is 1.29. The molecule has 7 nitrogen and oxygen atoms in total. The molecular formula is C24H23ClN2O5. The Hall–Kier alpha value is -3.45. The molecule has 2 aromatic carbocycles. The maximum atomic E-state index is 13.0. The number of amides is 1.